The number of carboxylic acids is 1. The number of carbonyl (C=O) groups is 1. The number of thiazole rings is 1. The van der Waals surface area contributed by atoms with Gasteiger partial charge in [0.15, 0.2) is 5.13 Å². The minimum absolute atomic E-state index is 0.215. The maximum atomic E-state index is 14.5. The number of carboxylic acid groups (broad SMARTS) is 1. The van der Waals surface area contributed by atoms with Crippen molar-refractivity contribution >= 4 is 28.3 Å². The van der Waals surface area contributed by atoms with Gasteiger partial charge in [-0.25, -0.2) is 14.4 Å². The Labute approximate surface area is 239 Å². The quantitative estimate of drug-likeness (QED) is 0.392. The molecule has 11 heteroatoms. The van der Waals surface area contributed by atoms with Crippen molar-refractivity contribution in [3.63, 3.8) is 0 Å². The molecule has 0 saturated carbocycles. The molecular formula is C29H40FN7O2S. The molecule has 3 aliphatic heterocycles. The topological polar surface area (TPSA) is 96.3 Å². The molecule has 216 valence electrons. The number of nitrogens with one attached hydrogen (secondary N) is 2. The Morgan fingerprint density at radius 1 is 1.23 bits per heavy atom. The van der Waals surface area contributed by atoms with Crippen LogP contribution in [0.4, 0.5) is 9.52 Å². The lowest BCUT2D eigenvalue weighted by Crippen LogP contribution is -2.49. The molecule has 0 bridgehead atoms. The number of hydrogen-bond donors (Lipinski definition) is 3. The van der Waals surface area contributed by atoms with E-state index in [1.54, 1.807) is 23.5 Å². The zero-order chi connectivity index (χ0) is 28.1. The number of aromatic nitrogens is 1. The summed E-state index contributed by atoms with van der Waals surface area (Å²) in [4.78, 5) is 28.7. The summed E-state index contributed by atoms with van der Waals surface area (Å²) in [5, 5.41) is 16.5. The maximum Gasteiger partial charge on any atom is 0.303 e. The van der Waals surface area contributed by atoms with Crippen molar-refractivity contribution in [2.24, 2.45) is 4.99 Å². The standard InChI is InChI=1S/C29H40FN7O2S/c1-3-21-14-22(16-23(30)15-21)28-24(18-37-9-4-6-20(37)2)40-29(34-28)33-25-17-26(32-19-31-25)36-12-10-35(11-13-36)8-5-7-27(38)39/h14-17,20,31H,3-13,18-19H2,1-2H3,(H,33,34)(H,38,39)/t20-/m1/s1. The van der Waals surface area contributed by atoms with Gasteiger partial charge in [-0.3, -0.25) is 14.6 Å². The first-order valence-corrected chi connectivity index (χ1v) is 15.2. The summed E-state index contributed by atoms with van der Waals surface area (Å²) in [5.41, 5.74) is 2.65. The molecule has 9 nitrogen and oxygen atoms in total. The molecule has 3 N–H and O–H groups in total. The number of aryl methyl sites for hydroxylation is 1. The lowest BCUT2D eigenvalue weighted by Gasteiger charge is -2.36. The second-order valence-electron chi connectivity index (χ2n) is 10.8. The molecule has 1 aromatic carbocycles. The summed E-state index contributed by atoms with van der Waals surface area (Å²) >= 11 is 1.63. The highest BCUT2D eigenvalue weighted by molar-refractivity contribution is 7.16. The molecule has 0 unspecified atom stereocenters. The van der Waals surface area contributed by atoms with Gasteiger partial charge in [-0.05, 0) is 69.5 Å². The first-order chi connectivity index (χ1) is 19.4. The fourth-order valence-corrected chi connectivity index (χ4v) is 6.64. The van der Waals surface area contributed by atoms with Crippen LogP contribution in [0, 0.1) is 5.82 Å². The van der Waals surface area contributed by atoms with E-state index in [0.717, 1.165) is 90.7 Å². The molecule has 5 rings (SSSR count). The Morgan fingerprint density at radius 2 is 2.05 bits per heavy atom. The molecule has 1 aromatic heterocycles. The molecule has 0 spiro atoms. The number of anilines is 1. The molecule has 0 radical (unpaired) electrons. The van der Waals surface area contributed by atoms with Crippen molar-refractivity contribution in [2.45, 2.75) is 58.5 Å². The lowest BCUT2D eigenvalue weighted by atomic mass is 10.1. The number of likely N-dealkylation sites (tertiary alicyclic amines) is 1. The van der Waals surface area contributed by atoms with Crippen LogP contribution in [0.25, 0.3) is 11.3 Å². The predicted octanol–water partition coefficient (Wildman–Crippen LogP) is 4.19. The van der Waals surface area contributed by atoms with E-state index < -0.39 is 5.97 Å². The largest absolute Gasteiger partial charge is 0.481 e. The first kappa shape index (κ1) is 28.5. The molecule has 40 heavy (non-hydrogen) atoms. The maximum absolute atomic E-state index is 14.5. The van der Waals surface area contributed by atoms with Gasteiger partial charge < -0.3 is 20.6 Å². The van der Waals surface area contributed by atoms with Crippen LogP contribution in [-0.2, 0) is 17.8 Å². The number of benzene rings is 1. The van der Waals surface area contributed by atoms with E-state index in [1.807, 2.05) is 13.0 Å². The van der Waals surface area contributed by atoms with Gasteiger partial charge >= 0.3 is 5.97 Å². The minimum Gasteiger partial charge on any atom is -0.481 e. The number of halogens is 1. The third kappa shape index (κ3) is 7.18. The fourth-order valence-electron chi connectivity index (χ4n) is 5.61. The van der Waals surface area contributed by atoms with Gasteiger partial charge in [0.2, 0.25) is 0 Å². The molecule has 2 fully saturated rings. The predicted molar refractivity (Wildman–Crippen MR) is 158 cm³/mol. The van der Waals surface area contributed by atoms with Gasteiger partial charge in [-0.15, -0.1) is 0 Å². The summed E-state index contributed by atoms with van der Waals surface area (Å²) < 4.78 is 14.5. The van der Waals surface area contributed by atoms with Crippen LogP contribution in [0.5, 0.6) is 0 Å². The number of aliphatic carboxylic acids is 1. The Hall–Kier alpha value is -3.02. The van der Waals surface area contributed by atoms with Crippen LogP contribution >= 0.6 is 11.3 Å². The van der Waals surface area contributed by atoms with Crippen LogP contribution in [0.3, 0.4) is 0 Å². The highest BCUT2D eigenvalue weighted by atomic mass is 32.1. The van der Waals surface area contributed by atoms with Crippen LogP contribution in [0.15, 0.2) is 35.1 Å². The molecule has 2 aromatic rings. The van der Waals surface area contributed by atoms with Gasteiger partial charge in [-0.2, -0.15) is 0 Å². The van der Waals surface area contributed by atoms with Gasteiger partial charge in [0.1, 0.15) is 24.1 Å². The van der Waals surface area contributed by atoms with Crippen LogP contribution in [0.1, 0.15) is 50.0 Å². The molecule has 3 aliphatic rings. The molecule has 1 atom stereocenters. The molecule has 0 amide bonds. The van der Waals surface area contributed by atoms with Crippen LogP contribution in [0.2, 0.25) is 0 Å². The van der Waals surface area contributed by atoms with Crippen molar-refractivity contribution in [1.82, 2.24) is 25.0 Å². The van der Waals surface area contributed by atoms with Crippen molar-refractivity contribution < 1.29 is 14.3 Å². The third-order valence-corrected chi connectivity index (χ3v) is 8.92. The van der Waals surface area contributed by atoms with E-state index >= 15 is 0 Å². The average molecular weight is 570 g/mol. The van der Waals surface area contributed by atoms with E-state index in [1.165, 1.54) is 12.8 Å². The van der Waals surface area contributed by atoms with Crippen molar-refractivity contribution in [1.29, 1.82) is 0 Å². The van der Waals surface area contributed by atoms with E-state index in [9.17, 15) is 9.18 Å². The molecule has 0 aliphatic carbocycles. The first-order valence-electron chi connectivity index (χ1n) is 14.4. The minimum atomic E-state index is -0.736. The molecule has 4 heterocycles. The summed E-state index contributed by atoms with van der Waals surface area (Å²) in [6.07, 6.45) is 6.10. The van der Waals surface area contributed by atoms with Gasteiger partial charge in [-0.1, -0.05) is 18.3 Å². The van der Waals surface area contributed by atoms with Crippen molar-refractivity contribution in [3.8, 4) is 11.3 Å². The third-order valence-electron chi connectivity index (χ3n) is 7.96. The number of hydrogen-bond acceptors (Lipinski definition) is 9. The summed E-state index contributed by atoms with van der Waals surface area (Å²) in [7, 11) is 0. The summed E-state index contributed by atoms with van der Waals surface area (Å²) in [6, 6.07) is 5.79. The van der Waals surface area contributed by atoms with Gasteiger partial charge in [0.05, 0.1) is 5.69 Å². The van der Waals surface area contributed by atoms with E-state index in [-0.39, 0.29) is 12.2 Å². The number of piperazine rings is 1. The van der Waals surface area contributed by atoms with E-state index in [4.69, 9.17) is 10.1 Å². The molecular weight excluding hydrogens is 529 g/mol. The summed E-state index contributed by atoms with van der Waals surface area (Å²) in [6.45, 7) is 11.0. The highest BCUT2D eigenvalue weighted by Crippen LogP contribution is 2.35. The second kappa shape index (κ2) is 13.1. The van der Waals surface area contributed by atoms with Crippen LogP contribution < -0.4 is 10.6 Å². The van der Waals surface area contributed by atoms with E-state index in [2.05, 4.69) is 43.3 Å². The Morgan fingerprint density at radius 3 is 2.77 bits per heavy atom. The zero-order valence-corrected chi connectivity index (χ0v) is 24.3. The number of amidine groups is 1. The normalized spacial score (nSPS) is 20.3. The number of rotatable bonds is 10. The smallest absolute Gasteiger partial charge is 0.303 e. The highest BCUT2D eigenvalue weighted by Gasteiger charge is 2.25. The Balaban J connectivity index is 1.29. The monoisotopic (exact) mass is 569 g/mol. The second-order valence-corrected chi connectivity index (χ2v) is 11.9. The summed E-state index contributed by atoms with van der Waals surface area (Å²) in [5.74, 6) is 0.826. The SMILES string of the molecule is CCc1cc(F)cc(-c2nc(NC3=CC(N4CCN(CCCC(=O)O)CC4)=NCN3)sc2CN2CCC[C@H]2C)c1. The van der Waals surface area contributed by atoms with E-state index in [0.29, 0.717) is 19.1 Å². The van der Waals surface area contributed by atoms with Crippen molar-refractivity contribution in [3.05, 3.63) is 46.4 Å². The van der Waals surface area contributed by atoms with Gasteiger partial charge in [0.25, 0.3) is 0 Å². The fraction of sp³-hybridized carbons (Fsp3) is 0.552. The van der Waals surface area contributed by atoms with Crippen LogP contribution in [-0.4, -0.2) is 88.6 Å². The van der Waals surface area contributed by atoms with Gasteiger partial charge in [0, 0.05) is 61.7 Å². The Kier molecular flexibility index (Phi) is 9.33. The number of aliphatic imine (C=N–C) groups is 1. The molecule has 2 saturated heterocycles. The Bertz CT molecular complexity index is 1260. The zero-order valence-electron chi connectivity index (χ0n) is 23.5. The average Bonchev–Trinajstić information content (AvgIpc) is 3.54. The number of nitrogens with zero attached hydrogens (tertiary/aromatic N) is 5. The van der Waals surface area contributed by atoms with Crippen molar-refractivity contribution in [2.75, 3.05) is 51.3 Å². The lowest BCUT2D eigenvalue weighted by molar-refractivity contribution is -0.137.